The molecule has 0 amide bonds. The molecule has 0 saturated carbocycles. The van der Waals surface area contributed by atoms with Crippen LogP contribution in [-0.4, -0.2) is 21.6 Å². The fraction of sp³-hybridized carbons (Fsp3) is 0.0667. The van der Waals surface area contributed by atoms with Crippen molar-refractivity contribution in [3.63, 3.8) is 0 Å². The fourth-order valence-electron chi connectivity index (χ4n) is 1.86. The smallest absolute Gasteiger partial charge is 0.215 e. The van der Waals surface area contributed by atoms with Crippen molar-refractivity contribution >= 4 is 45.2 Å². The summed E-state index contributed by atoms with van der Waals surface area (Å²) in [5.41, 5.74) is 2.65. The van der Waals surface area contributed by atoms with Gasteiger partial charge in [-0.2, -0.15) is 0 Å². The molecule has 0 aliphatic heterocycles. The molecule has 1 aromatic heterocycles. The molecule has 0 fully saturated rings. The van der Waals surface area contributed by atoms with Crippen molar-refractivity contribution in [2.45, 2.75) is 5.16 Å². The number of H-pyrrole nitrogens is 1. The van der Waals surface area contributed by atoms with Gasteiger partial charge in [-0.3, -0.25) is 4.79 Å². The third-order valence-electron chi connectivity index (χ3n) is 2.86. The van der Waals surface area contributed by atoms with Crippen molar-refractivity contribution in [2.75, 3.05) is 11.9 Å². The van der Waals surface area contributed by atoms with Gasteiger partial charge in [0.2, 0.25) is 5.12 Å². The summed E-state index contributed by atoms with van der Waals surface area (Å²) in [4.78, 5) is 19.4. The summed E-state index contributed by atoms with van der Waals surface area (Å²) in [7, 11) is 0. The Morgan fingerprint density at radius 2 is 1.95 bits per heavy atom. The minimum Gasteiger partial charge on any atom is -0.377 e. The number of nitrogens with one attached hydrogen (secondary N) is 2. The predicted molar refractivity (Wildman–Crippen MR) is 86.9 cm³/mol. The number of aromatic amines is 1. The van der Waals surface area contributed by atoms with Gasteiger partial charge >= 0.3 is 0 Å². The quantitative estimate of drug-likeness (QED) is 0.715. The number of para-hydroxylation sites is 2. The topological polar surface area (TPSA) is 57.8 Å². The number of thioether (sulfide) groups is 1. The van der Waals surface area contributed by atoms with Crippen molar-refractivity contribution in [2.24, 2.45) is 0 Å². The van der Waals surface area contributed by atoms with Crippen LogP contribution < -0.4 is 5.32 Å². The van der Waals surface area contributed by atoms with Crippen LogP contribution in [0.4, 0.5) is 5.69 Å². The molecular formula is C15H12ClN3OS. The van der Waals surface area contributed by atoms with Crippen molar-refractivity contribution < 1.29 is 4.79 Å². The molecule has 0 spiro atoms. The molecule has 0 unspecified atom stereocenters. The second kappa shape index (κ2) is 6.20. The summed E-state index contributed by atoms with van der Waals surface area (Å²) in [6, 6.07) is 14.9. The molecule has 1 heterocycles. The second-order valence-corrected chi connectivity index (χ2v) is 5.88. The maximum Gasteiger partial charge on any atom is 0.215 e. The van der Waals surface area contributed by atoms with Crippen molar-refractivity contribution in [3.05, 3.63) is 53.6 Å². The molecule has 0 radical (unpaired) electrons. The van der Waals surface area contributed by atoms with Crippen LogP contribution in [0.3, 0.4) is 0 Å². The van der Waals surface area contributed by atoms with Gasteiger partial charge in [0.15, 0.2) is 5.16 Å². The molecular weight excluding hydrogens is 306 g/mol. The molecule has 2 aromatic carbocycles. The first-order valence-electron chi connectivity index (χ1n) is 6.35. The number of imidazole rings is 1. The number of carbonyl (C=O) groups is 1. The number of aromatic nitrogens is 2. The Hall–Kier alpha value is -1.98. The Bertz CT molecular complexity index is 737. The van der Waals surface area contributed by atoms with Gasteiger partial charge in [-0.1, -0.05) is 23.7 Å². The monoisotopic (exact) mass is 317 g/mol. The summed E-state index contributed by atoms with van der Waals surface area (Å²) in [6.07, 6.45) is 0. The van der Waals surface area contributed by atoms with Gasteiger partial charge in [0.25, 0.3) is 0 Å². The molecule has 0 aliphatic rings. The standard InChI is InChI=1S/C15H12ClN3OS/c16-10-5-7-11(8-6-10)17-9-14(20)21-15-18-12-3-1-2-4-13(12)19-15/h1-8,17H,9H2,(H,18,19). The third kappa shape index (κ3) is 3.56. The minimum atomic E-state index is -0.0102. The van der Waals surface area contributed by atoms with Crippen LogP contribution >= 0.6 is 23.4 Å². The van der Waals surface area contributed by atoms with Gasteiger partial charge in [-0.05, 0) is 48.2 Å². The van der Waals surface area contributed by atoms with Crippen molar-refractivity contribution in [1.29, 1.82) is 0 Å². The largest absolute Gasteiger partial charge is 0.377 e. The Morgan fingerprint density at radius 3 is 2.71 bits per heavy atom. The molecule has 0 saturated heterocycles. The molecule has 0 atom stereocenters. The lowest BCUT2D eigenvalue weighted by molar-refractivity contribution is -0.109. The number of hydrogen-bond donors (Lipinski definition) is 2. The molecule has 2 N–H and O–H groups in total. The van der Waals surface area contributed by atoms with Gasteiger partial charge in [-0.25, -0.2) is 4.98 Å². The SMILES string of the molecule is O=C(CNc1ccc(Cl)cc1)Sc1nc2ccccc2[nH]1. The molecule has 0 bridgehead atoms. The van der Waals surface area contributed by atoms with E-state index in [0.717, 1.165) is 28.5 Å². The number of nitrogens with zero attached hydrogens (tertiary/aromatic N) is 1. The maximum absolute atomic E-state index is 11.9. The first-order valence-corrected chi connectivity index (χ1v) is 7.55. The van der Waals surface area contributed by atoms with Crippen LogP contribution in [0, 0.1) is 0 Å². The van der Waals surface area contributed by atoms with Crippen LogP contribution in [0.2, 0.25) is 5.02 Å². The van der Waals surface area contributed by atoms with E-state index >= 15 is 0 Å². The zero-order valence-corrected chi connectivity index (χ0v) is 12.5. The van der Waals surface area contributed by atoms with Gasteiger partial charge < -0.3 is 10.3 Å². The number of halogens is 1. The number of anilines is 1. The number of benzene rings is 2. The Labute approximate surface area is 130 Å². The molecule has 4 nitrogen and oxygen atoms in total. The van der Waals surface area contributed by atoms with E-state index in [1.165, 1.54) is 0 Å². The zero-order valence-electron chi connectivity index (χ0n) is 11.0. The Kier molecular flexibility index (Phi) is 4.13. The summed E-state index contributed by atoms with van der Waals surface area (Å²) >= 11 is 6.91. The highest BCUT2D eigenvalue weighted by Gasteiger charge is 2.09. The van der Waals surface area contributed by atoms with E-state index in [4.69, 9.17) is 11.6 Å². The van der Waals surface area contributed by atoms with Crippen LogP contribution in [0.25, 0.3) is 11.0 Å². The van der Waals surface area contributed by atoms with E-state index in [0.29, 0.717) is 10.2 Å². The van der Waals surface area contributed by atoms with E-state index in [2.05, 4.69) is 15.3 Å². The lowest BCUT2D eigenvalue weighted by Gasteiger charge is -2.04. The average molecular weight is 318 g/mol. The van der Waals surface area contributed by atoms with Crippen molar-refractivity contribution in [3.8, 4) is 0 Å². The van der Waals surface area contributed by atoms with Crippen LogP contribution in [-0.2, 0) is 4.79 Å². The van der Waals surface area contributed by atoms with Gasteiger partial charge in [-0.15, -0.1) is 0 Å². The summed E-state index contributed by atoms with van der Waals surface area (Å²) in [5, 5.41) is 4.32. The normalized spacial score (nSPS) is 10.7. The number of fused-ring (bicyclic) bond motifs is 1. The van der Waals surface area contributed by atoms with Crippen LogP contribution in [0.5, 0.6) is 0 Å². The van der Waals surface area contributed by atoms with Gasteiger partial charge in [0, 0.05) is 10.7 Å². The van der Waals surface area contributed by atoms with Crippen molar-refractivity contribution in [1.82, 2.24) is 9.97 Å². The molecule has 6 heteroatoms. The Morgan fingerprint density at radius 1 is 1.19 bits per heavy atom. The third-order valence-corrected chi connectivity index (χ3v) is 3.87. The fourth-order valence-corrected chi connectivity index (χ4v) is 2.65. The van der Waals surface area contributed by atoms with Gasteiger partial charge in [0.1, 0.15) is 0 Å². The summed E-state index contributed by atoms with van der Waals surface area (Å²) in [5.74, 6) is 0. The first-order chi connectivity index (χ1) is 10.2. The van der Waals surface area contributed by atoms with E-state index in [1.807, 2.05) is 36.4 Å². The first kappa shape index (κ1) is 14.0. The van der Waals surface area contributed by atoms with E-state index in [1.54, 1.807) is 12.1 Å². The summed E-state index contributed by atoms with van der Waals surface area (Å²) < 4.78 is 0. The number of hydrogen-bond acceptors (Lipinski definition) is 4. The highest BCUT2D eigenvalue weighted by molar-refractivity contribution is 8.13. The highest BCUT2D eigenvalue weighted by atomic mass is 35.5. The second-order valence-electron chi connectivity index (χ2n) is 4.39. The molecule has 0 aliphatic carbocycles. The average Bonchev–Trinajstić information content (AvgIpc) is 2.88. The minimum absolute atomic E-state index is 0.0102. The van der Waals surface area contributed by atoms with Crippen LogP contribution in [0.1, 0.15) is 0 Å². The van der Waals surface area contributed by atoms with Gasteiger partial charge in [0.05, 0.1) is 17.6 Å². The summed E-state index contributed by atoms with van der Waals surface area (Å²) in [6.45, 7) is 0.226. The lowest BCUT2D eigenvalue weighted by atomic mass is 10.3. The van der Waals surface area contributed by atoms with E-state index in [-0.39, 0.29) is 11.7 Å². The molecule has 3 aromatic rings. The molecule has 3 rings (SSSR count). The van der Waals surface area contributed by atoms with E-state index in [9.17, 15) is 4.79 Å². The Balaban J connectivity index is 1.59. The van der Waals surface area contributed by atoms with E-state index < -0.39 is 0 Å². The molecule has 21 heavy (non-hydrogen) atoms. The lowest BCUT2D eigenvalue weighted by Crippen LogP contribution is -2.10. The highest BCUT2D eigenvalue weighted by Crippen LogP contribution is 2.20. The predicted octanol–water partition coefficient (Wildman–Crippen LogP) is 3.95. The maximum atomic E-state index is 11.9. The zero-order chi connectivity index (χ0) is 14.7. The number of carbonyl (C=O) groups excluding carboxylic acids is 1. The number of rotatable bonds is 4. The molecule has 106 valence electrons. The van der Waals surface area contributed by atoms with Crippen LogP contribution in [0.15, 0.2) is 53.7 Å².